The molecule has 88 valence electrons. The van der Waals surface area contributed by atoms with Gasteiger partial charge < -0.3 is 5.11 Å². The van der Waals surface area contributed by atoms with Crippen molar-refractivity contribution in [3.63, 3.8) is 0 Å². The van der Waals surface area contributed by atoms with Gasteiger partial charge in [0.1, 0.15) is 16.7 Å². The number of aromatic hydroxyl groups is 1. The molecule has 0 saturated heterocycles. The highest BCUT2D eigenvalue weighted by atomic mass is 32.2. The molecule has 0 aliphatic rings. The summed E-state index contributed by atoms with van der Waals surface area (Å²) in [5, 5.41) is 9.44. The van der Waals surface area contributed by atoms with Crippen LogP contribution in [0.5, 0.6) is 5.75 Å². The lowest BCUT2D eigenvalue weighted by Gasteiger charge is -2.17. The Kier molecular flexibility index (Phi) is 3.70. The Morgan fingerprint density at radius 3 is 2.38 bits per heavy atom. The number of para-hydroxylation sites is 1. The van der Waals surface area contributed by atoms with Crippen molar-refractivity contribution in [3.05, 3.63) is 29.8 Å². The Bertz CT molecular complexity index is 423. The first-order valence-electron chi connectivity index (χ1n) is 4.83. The first kappa shape index (κ1) is 12.7. The highest BCUT2D eigenvalue weighted by Crippen LogP contribution is 2.16. The molecule has 1 aromatic rings. The Hall–Kier alpha value is -1.36. The second-order valence-corrected chi connectivity index (χ2v) is 6.30. The molecule has 1 atom stereocenters. The molecule has 1 aromatic carbocycles. The van der Waals surface area contributed by atoms with Crippen molar-refractivity contribution in [1.29, 1.82) is 0 Å². The summed E-state index contributed by atoms with van der Waals surface area (Å²) in [4.78, 5) is 11.7. The fourth-order valence-electron chi connectivity index (χ4n) is 0.958. The maximum absolute atomic E-state index is 11.7. The third-order valence-corrected chi connectivity index (χ3v) is 3.37. The van der Waals surface area contributed by atoms with Gasteiger partial charge in [-0.25, -0.2) is 4.21 Å². The molecule has 0 bridgehead atoms. The maximum atomic E-state index is 11.7. The molecule has 1 rings (SSSR count). The average Bonchev–Trinajstić information content (AvgIpc) is 2.16. The van der Waals surface area contributed by atoms with Crippen LogP contribution in [-0.4, -0.2) is 20.0 Å². The van der Waals surface area contributed by atoms with E-state index < -0.39 is 21.6 Å². The van der Waals surface area contributed by atoms with Crippen molar-refractivity contribution in [2.75, 3.05) is 0 Å². The molecule has 0 fully saturated rings. The molecule has 0 saturated carbocycles. The second kappa shape index (κ2) is 4.65. The first-order chi connectivity index (χ1) is 7.32. The highest BCUT2D eigenvalue weighted by Gasteiger charge is 2.22. The van der Waals surface area contributed by atoms with E-state index in [1.165, 1.54) is 12.1 Å². The van der Waals surface area contributed by atoms with E-state index in [-0.39, 0.29) is 11.3 Å². The van der Waals surface area contributed by atoms with Crippen LogP contribution < -0.4 is 4.72 Å². The van der Waals surface area contributed by atoms with Crippen LogP contribution in [0.3, 0.4) is 0 Å². The summed E-state index contributed by atoms with van der Waals surface area (Å²) >= 11 is 0. The zero-order valence-electron chi connectivity index (χ0n) is 9.48. The van der Waals surface area contributed by atoms with Gasteiger partial charge in [-0.1, -0.05) is 12.1 Å². The second-order valence-electron chi connectivity index (χ2n) is 4.33. The van der Waals surface area contributed by atoms with Gasteiger partial charge in [-0.15, -0.1) is 0 Å². The summed E-state index contributed by atoms with van der Waals surface area (Å²) in [6.45, 7) is 5.27. The number of phenolic OH excluding ortho intramolecular Hbond substituents is 1. The molecule has 5 heteroatoms. The van der Waals surface area contributed by atoms with Crippen LogP contribution in [0, 0.1) is 0 Å². The normalized spacial score (nSPS) is 13.2. The molecular weight excluding hydrogens is 226 g/mol. The minimum absolute atomic E-state index is 0.120. The van der Waals surface area contributed by atoms with Crippen LogP contribution >= 0.6 is 0 Å². The monoisotopic (exact) mass is 241 g/mol. The minimum Gasteiger partial charge on any atom is -0.507 e. The number of carbonyl (C=O) groups excluding carboxylic acids is 1. The van der Waals surface area contributed by atoms with Crippen LogP contribution in [0.1, 0.15) is 31.1 Å². The zero-order valence-corrected chi connectivity index (χ0v) is 10.3. The fraction of sp³-hybridized carbons (Fsp3) is 0.364. The highest BCUT2D eigenvalue weighted by molar-refractivity contribution is 7.85. The largest absolute Gasteiger partial charge is 0.507 e. The van der Waals surface area contributed by atoms with E-state index in [2.05, 4.69) is 4.72 Å². The lowest BCUT2D eigenvalue weighted by molar-refractivity contribution is 0.0979. The minimum atomic E-state index is -1.49. The van der Waals surface area contributed by atoms with Crippen LogP contribution in [-0.2, 0) is 11.0 Å². The van der Waals surface area contributed by atoms with E-state index in [0.29, 0.717) is 0 Å². The van der Waals surface area contributed by atoms with Crippen molar-refractivity contribution < 1.29 is 14.1 Å². The van der Waals surface area contributed by atoms with Gasteiger partial charge in [0.25, 0.3) is 5.91 Å². The molecule has 0 aliphatic carbocycles. The van der Waals surface area contributed by atoms with Crippen LogP contribution in [0.2, 0.25) is 0 Å². The van der Waals surface area contributed by atoms with Gasteiger partial charge in [-0.2, -0.15) is 0 Å². The van der Waals surface area contributed by atoms with E-state index >= 15 is 0 Å². The Morgan fingerprint density at radius 2 is 1.88 bits per heavy atom. The summed E-state index contributed by atoms with van der Waals surface area (Å²) in [6.07, 6.45) is 0. The molecule has 1 unspecified atom stereocenters. The Morgan fingerprint density at radius 1 is 1.31 bits per heavy atom. The van der Waals surface area contributed by atoms with E-state index in [1.54, 1.807) is 32.9 Å². The van der Waals surface area contributed by atoms with Gasteiger partial charge in [-0.3, -0.25) is 9.52 Å². The van der Waals surface area contributed by atoms with Crippen LogP contribution in [0.15, 0.2) is 24.3 Å². The SMILES string of the molecule is CC(C)(C)S(=O)NC(=O)c1ccccc1O. The quantitative estimate of drug-likeness (QED) is 0.826. The number of phenols is 1. The third kappa shape index (κ3) is 3.06. The third-order valence-electron chi connectivity index (χ3n) is 1.89. The molecule has 16 heavy (non-hydrogen) atoms. The number of benzene rings is 1. The molecule has 0 aliphatic heterocycles. The zero-order chi connectivity index (χ0) is 12.3. The Labute approximate surface area is 97.3 Å². The summed E-state index contributed by atoms with van der Waals surface area (Å²) in [5.74, 6) is -0.655. The first-order valence-corrected chi connectivity index (χ1v) is 5.98. The molecule has 0 radical (unpaired) electrons. The maximum Gasteiger partial charge on any atom is 0.266 e. The summed E-state index contributed by atoms with van der Waals surface area (Å²) in [6, 6.07) is 6.14. The molecule has 1 amide bonds. The molecule has 0 spiro atoms. The van der Waals surface area contributed by atoms with E-state index in [4.69, 9.17) is 0 Å². The van der Waals surface area contributed by atoms with Crippen molar-refractivity contribution in [2.45, 2.75) is 25.5 Å². The summed E-state index contributed by atoms with van der Waals surface area (Å²) in [5.41, 5.74) is 0.125. The van der Waals surface area contributed by atoms with Crippen molar-refractivity contribution in [3.8, 4) is 5.75 Å². The lowest BCUT2D eigenvalue weighted by atomic mass is 10.2. The lowest BCUT2D eigenvalue weighted by Crippen LogP contribution is -2.37. The molecule has 2 N–H and O–H groups in total. The number of hydrogen-bond donors (Lipinski definition) is 2. The molecular formula is C11H15NO3S. The number of amides is 1. The smallest absolute Gasteiger partial charge is 0.266 e. The molecule has 4 nitrogen and oxygen atoms in total. The topological polar surface area (TPSA) is 66.4 Å². The van der Waals surface area contributed by atoms with Gasteiger partial charge in [0, 0.05) is 0 Å². The van der Waals surface area contributed by atoms with Gasteiger partial charge in [-0.05, 0) is 32.9 Å². The fourth-order valence-corrected chi connectivity index (χ4v) is 1.54. The number of rotatable bonds is 2. The summed E-state index contributed by atoms with van der Waals surface area (Å²) < 4.78 is 13.5. The van der Waals surface area contributed by atoms with Crippen molar-refractivity contribution in [1.82, 2.24) is 4.72 Å². The number of nitrogens with one attached hydrogen (secondary N) is 1. The van der Waals surface area contributed by atoms with Gasteiger partial charge in [0.15, 0.2) is 0 Å². The van der Waals surface area contributed by atoms with Crippen LogP contribution in [0.25, 0.3) is 0 Å². The molecule has 0 heterocycles. The van der Waals surface area contributed by atoms with Crippen molar-refractivity contribution >= 4 is 16.9 Å². The van der Waals surface area contributed by atoms with Crippen molar-refractivity contribution in [2.24, 2.45) is 0 Å². The summed E-state index contributed by atoms with van der Waals surface area (Å²) in [7, 11) is -1.49. The van der Waals surface area contributed by atoms with Gasteiger partial charge >= 0.3 is 0 Å². The van der Waals surface area contributed by atoms with E-state index in [0.717, 1.165) is 0 Å². The Balaban J connectivity index is 2.82. The van der Waals surface area contributed by atoms with E-state index in [1.807, 2.05) is 0 Å². The predicted molar refractivity (Wildman–Crippen MR) is 63.5 cm³/mol. The average molecular weight is 241 g/mol. The van der Waals surface area contributed by atoms with Gasteiger partial charge in [0.05, 0.1) is 10.3 Å². The number of carbonyl (C=O) groups is 1. The van der Waals surface area contributed by atoms with E-state index in [9.17, 15) is 14.1 Å². The predicted octanol–water partition coefficient (Wildman–Crippen LogP) is 1.58. The van der Waals surface area contributed by atoms with Crippen LogP contribution in [0.4, 0.5) is 0 Å². The van der Waals surface area contributed by atoms with Gasteiger partial charge in [0.2, 0.25) is 0 Å². The standard InChI is InChI=1S/C11H15NO3S/c1-11(2,3)16(15)12-10(14)8-6-4-5-7-9(8)13/h4-7,13H,1-3H3,(H,12,14). The number of hydrogen-bond acceptors (Lipinski definition) is 3. The molecule has 0 aromatic heterocycles.